The third kappa shape index (κ3) is 3.72. The van der Waals surface area contributed by atoms with Crippen LogP contribution in [-0.2, 0) is 0 Å². The second-order valence-electron chi connectivity index (χ2n) is 4.50. The molecule has 4 nitrogen and oxygen atoms in total. The maximum Gasteiger partial charge on any atom is 0.255 e. The number of pyridine rings is 1. The molecule has 1 aromatic rings. The number of amides is 1. The van der Waals surface area contributed by atoms with Crippen LogP contribution in [0, 0.1) is 5.92 Å². The van der Waals surface area contributed by atoms with Crippen molar-refractivity contribution in [3.63, 3.8) is 0 Å². The monoisotopic (exact) mass is 249 g/mol. The Hall–Kier alpha value is -1.58. The molecule has 100 valence electrons. The van der Waals surface area contributed by atoms with Crippen LogP contribution < -0.4 is 5.73 Å². The average Bonchev–Trinajstić information content (AvgIpc) is 2.40. The van der Waals surface area contributed by atoms with Crippen LogP contribution in [0.15, 0.2) is 18.3 Å². The fourth-order valence-electron chi connectivity index (χ4n) is 1.93. The van der Waals surface area contributed by atoms with Crippen molar-refractivity contribution in [3.8, 4) is 0 Å². The number of anilines is 1. The molecule has 2 N–H and O–H groups in total. The summed E-state index contributed by atoms with van der Waals surface area (Å²) in [4.78, 5) is 18.1. The first-order chi connectivity index (χ1) is 8.62. The molecule has 0 radical (unpaired) electrons. The minimum absolute atomic E-state index is 0.0388. The summed E-state index contributed by atoms with van der Waals surface area (Å²) < 4.78 is 0. The summed E-state index contributed by atoms with van der Waals surface area (Å²) >= 11 is 0. The highest BCUT2D eigenvalue weighted by Gasteiger charge is 2.17. The third-order valence-corrected chi connectivity index (χ3v) is 3.34. The van der Waals surface area contributed by atoms with Crippen LogP contribution in [0.1, 0.15) is 44.0 Å². The van der Waals surface area contributed by atoms with Crippen molar-refractivity contribution in [1.29, 1.82) is 0 Å². The fourth-order valence-corrected chi connectivity index (χ4v) is 1.93. The van der Waals surface area contributed by atoms with Gasteiger partial charge in [0.25, 0.3) is 5.91 Å². The smallest absolute Gasteiger partial charge is 0.255 e. The van der Waals surface area contributed by atoms with Gasteiger partial charge in [-0.05, 0) is 25.0 Å². The molecule has 4 heteroatoms. The molecule has 0 unspecified atom stereocenters. The first-order valence-corrected chi connectivity index (χ1v) is 6.63. The molecule has 0 aliphatic rings. The van der Waals surface area contributed by atoms with Crippen molar-refractivity contribution in [1.82, 2.24) is 9.88 Å². The Morgan fingerprint density at radius 3 is 2.44 bits per heavy atom. The van der Waals surface area contributed by atoms with E-state index in [1.807, 2.05) is 11.8 Å². The van der Waals surface area contributed by atoms with Crippen LogP contribution >= 0.6 is 0 Å². The van der Waals surface area contributed by atoms with E-state index >= 15 is 0 Å². The van der Waals surface area contributed by atoms with E-state index < -0.39 is 0 Å². The summed E-state index contributed by atoms with van der Waals surface area (Å²) in [7, 11) is 0. The molecule has 0 saturated carbocycles. The molecule has 0 aliphatic heterocycles. The second-order valence-corrected chi connectivity index (χ2v) is 4.50. The minimum atomic E-state index is 0.0388. The summed E-state index contributed by atoms with van der Waals surface area (Å²) in [5.74, 6) is 1.04. The fraction of sp³-hybridized carbons (Fsp3) is 0.571. The van der Waals surface area contributed by atoms with E-state index in [-0.39, 0.29) is 5.91 Å². The highest BCUT2D eigenvalue weighted by molar-refractivity contribution is 5.94. The summed E-state index contributed by atoms with van der Waals surface area (Å²) in [6, 6.07) is 3.40. The SMILES string of the molecule is CCC(CC)CN(CC)C(=O)c1ccc(N)nc1. The largest absolute Gasteiger partial charge is 0.384 e. The predicted octanol–water partition coefficient (Wildman–Crippen LogP) is 2.56. The summed E-state index contributed by atoms with van der Waals surface area (Å²) in [5.41, 5.74) is 6.13. The highest BCUT2D eigenvalue weighted by Crippen LogP contribution is 2.13. The number of carbonyl (C=O) groups is 1. The van der Waals surface area contributed by atoms with E-state index in [1.165, 1.54) is 0 Å². The molecule has 0 fully saturated rings. The standard InChI is InChI=1S/C14H23N3O/c1-4-11(5-2)10-17(6-3)14(18)12-7-8-13(15)16-9-12/h7-9,11H,4-6,10H2,1-3H3,(H2,15,16). The number of rotatable bonds is 6. The molecule has 1 rings (SSSR count). The molecule has 0 spiro atoms. The van der Waals surface area contributed by atoms with Gasteiger partial charge in [-0.3, -0.25) is 4.79 Å². The molecule has 0 aliphatic carbocycles. The van der Waals surface area contributed by atoms with Crippen LogP contribution in [0.25, 0.3) is 0 Å². The van der Waals surface area contributed by atoms with E-state index in [4.69, 9.17) is 5.73 Å². The Bertz CT molecular complexity index is 371. The predicted molar refractivity (Wildman–Crippen MR) is 74.3 cm³/mol. The first-order valence-electron chi connectivity index (χ1n) is 6.63. The van der Waals surface area contributed by atoms with Crippen molar-refractivity contribution in [3.05, 3.63) is 23.9 Å². The number of carbonyl (C=O) groups excluding carboxylic acids is 1. The van der Waals surface area contributed by atoms with Crippen molar-refractivity contribution in [2.75, 3.05) is 18.8 Å². The quantitative estimate of drug-likeness (QED) is 0.843. The Morgan fingerprint density at radius 1 is 1.33 bits per heavy atom. The molecule has 1 heterocycles. The number of hydrogen-bond donors (Lipinski definition) is 1. The number of nitrogen functional groups attached to an aromatic ring is 1. The van der Waals surface area contributed by atoms with E-state index in [1.54, 1.807) is 18.3 Å². The Kier molecular flexibility index (Phi) is 5.62. The number of aromatic nitrogens is 1. The lowest BCUT2D eigenvalue weighted by Gasteiger charge is -2.25. The lowest BCUT2D eigenvalue weighted by Crippen LogP contribution is -2.35. The molecule has 18 heavy (non-hydrogen) atoms. The van der Waals surface area contributed by atoms with Gasteiger partial charge in [-0.15, -0.1) is 0 Å². The Labute approximate surface area is 109 Å². The summed E-state index contributed by atoms with van der Waals surface area (Å²) in [6.45, 7) is 7.87. The van der Waals surface area contributed by atoms with Gasteiger partial charge < -0.3 is 10.6 Å². The zero-order valence-corrected chi connectivity index (χ0v) is 11.5. The topological polar surface area (TPSA) is 59.2 Å². The number of nitrogens with zero attached hydrogens (tertiary/aromatic N) is 2. The normalized spacial score (nSPS) is 10.7. The first kappa shape index (κ1) is 14.5. The van der Waals surface area contributed by atoms with Gasteiger partial charge in [-0.2, -0.15) is 0 Å². The molecule has 0 aromatic carbocycles. The zero-order valence-electron chi connectivity index (χ0n) is 11.5. The molecule has 1 aromatic heterocycles. The lowest BCUT2D eigenvalue weighted by molar-refractivity contribution is 0.0734. The van der Waals surface area contributed by atoms with Crippen molar-refractivity contribution in [2.45, 2.75) is 33.6 Å². The van der Waals surface area contributed by atoms with Gasteiger partial charge in [0.2, 0.25) is 0 Å². The van der Waals surface area contributed by atoms with Crippen LogP contribution in [0.5, 0.6) is 0 Å². The lowest BCUT2D eigenvalue weighted by atomic mass is 10.0. The Morgan fingerprint density at radius 2 is 2.00 bits per heavy atom. The van der Waals surface area contributed by atoms with E-state index in [0.717, 1.165) is 25.9 Å². The minimum Gasteiger partial charge on any atom is -0.384 e. The molecular formula is C14H23N3O. The molecule has 0 atom stereocenters. The molecule has 0 bridgehead atoms. The third-order valence-electron chi connectivity index (χ3n) is 3.34. The average molecular weight is 249 g/mol. The highest BCUT2D eigenvalue weighted by atomic mass is 16.2. The van der Waals surface area contributed by atoms with Crippen molar-refractivity contribution < 1.29 is 4.79 Å². The van der Waals surface area contributed by atoms with Crippen LogP contribution in [0.4, 0.5) is 5.82 Å². The van der Waals surface area contributed by atoms with Crippen molar-refractivity contribution in [2.24, 2.45) is 5.92 Å². The summed E-state index contributed by atoms with van der Waals surface area (Å²) in [5, 5.41) is 0. The van der Waals surface area contributed by atoms with Crippen LogP contribution in [0.2, 0.25) is 0 Å². The number of nitrogens with two attached hydrogens (primary N) is 1. The second kappa shape index (κ2) is 6.99. The maximum absolute atomic E-state index is 12.3. The van der Waals surface area contributed by atoms with Gasteiger partial charge in [0.15, 0.2) is 0 Å². The van der Waals surface area contributed by atoms with Gasteiger partial charge in [-0.25, -0.2) is 4.98 Å². The van der Waals surface area contributed by atoms with Gasteiger partial charge in [0, 0.05) is 19.3 Å². The van der Waals surface area contributed by atoms with Crippen molar-refractivity contribution >= 4 is 11.7 Å². The van der Waals surface area contributed by atoms with E-state index in [2.05, 4.69) is 18.8 Å². The van der Waals surface area contributed by atoms with Gasteiger partial charge >= 0.3 is 0 Å². The van der Waals surface area contributed by atoms with Crippen LogP contribution in [-0.4, -0.2) is 28.9 Å². The maximum atomic E-state index is 12.3. The van der Waals surface area contributed by atoms with Crippen LogP contribution in [0.3, 0.4) is 0 Å². The van der Waals surface area contributed by atoms with Gasteiger partial charge in [0.05, 0.1) is 5.56 Å². The molecule has 0 saturated heterocycles. The molecule has 1 amide bonds. The van der Waals surface area contributed by atoms with E-state index in [0.29, 0.717) is 17.3 Å². The summed E-state index contributed by atoms with van der Waals surface area (Å²) in [6.07, 6.45) is 3.74. The van der Waals surface area contributed by atoms with Gasteiger partial charge in [-0.1, -0.05) is 26.7 Å². The Balaban J connectivity index is 2.75. The molecular weight excluding hydrogens is 226 g/mol. The number of hydrogen-bond acceptors (Lipinski definition) is 3. The van der Waals surface area contributed by atoms with Gasteiger partial charge in [0.1, 0.15) is 5.82 Å². The van der Waals surface area contributed by atoms with E-state index in [9.17, 15) is 4.79 Å². The zero-order chi connectivity index (χ0) is 13.5.